The predicted molar refractivity (Wildman–Crippen MR) is 279 cm³/mol. The van der Waals surface area contributed by atoms with Gasteiger partial charge in [-0.15, -0.1) is 0 Å². The summed E-state index contributed by atoms with van der Waals surface area (Å²) in [6.07, 6.45) is 4.40. The van der Waals surface area contributed by atoms with E-state index in [1.165, 1.54) is 86.7 Å². The topological polar surface area (TPSA) is 19.7 Å². The SMILES string of the molecule is c1ccc(-n2ccn(-c3ccccc3)c3cc4c5ccc(-n6c7ccccc7c7ccccc76)cc5c5cc(-n6c7ccccc7c7ccccc76)ccc5c5ccccc5c4cc32)cc1. The molecule has 0 amide bonds. The normalized spacial score (nSPS) is 11.9. The number of benzene rings is 10. The third-order valence-corrected chi connectivity index (χ3v) is 13.8. The first-order valence-electron chi connectivity index (χ1n) is 22.7. The Hall–Kier alpha value is -8.86. The Labute approximate surface area is 380 Å². The molecule has 14 aromatic rings. The van der Waals surface area contributed by atoms with Crippen LogP contribution in [0.25, 0.3) is 120 Å². The molecule has 0 N–H and O–H groups in total. The van der Waals surface area contributed by atoms with Crippen LogP contribution in [-0.2, 0) is 0 Å². The van der Waals surface area contributed by atoms with Gasteiger partial charge in [0.05, 0.1) is 33.1 Å². The van der Waals surface area contributed by atoms with E-state index >= 15 is 0 Å². The predicted octanol–water partition coefficient (Wildman–Crippen LogP) is 16.4. The summed E-state index contributed by atoms with van der Waals surface area (Å²) in [5.41, 5.74) is 11.5. The number of para-hydroxylation sites is 6. The number of aromatic nitrogens is 4. The van der Waals surface area contributed by atoms with Gasteiger partial charge in [0.15, 0.2) is 0 Å². The van der Waals surface area contributed by atoms with E-state index in [2.05, 4.69) is 261 Å². The van der Waals surface area contributed by atoms with E-state index in [-0.39, 0.29) is 0 Å². The number of fused-ring (bicyclic) bond motifs is 15. The summed E-state index contributed by atoms with van der Waals surface area (Å²) >= 11 is 0. The third kappa shape index (κ3) is 5.39. The molecule has 66 heavy (non-hydrogen) atoms. The highest BCUT2D eigenvalue weighted by molar-refractivity contribution is 6.28. The maximum Gasteiger partial charge on any atom is 0.0703 e. The summed E-state index contributed by atoms with van der Waals surface area (Å²) in [5.74, 6) is 0. The molecule has 0 aliphatic carbocycles. The Balaban J connectivity index is 1.20. The van der Waals surface area contributed by atoms with Crippen molar-refractivity contribution < 1.29 is 0 Å². The molecule has 0 saturated heterocycles. The molecule has 0 atom stereocenters. The maximum atomic E-state index is 2.45. The molecule has 11 aromatic carbocycles. The average Bonchev–Trinajstić information content (AvgIpc) is 3.91. The Morgan fingerprint density at radius 2 is 0.470 bits per heavy atom. The van der Waals surface area contributed by atoms with Gasteiger partial charge >= 0.3 is 0 Å². The Morgan fingerprint density at radius 3 is 0.864 bits per heavy atom. The van der Waals surface area contributed by atoms with Crippen molar-refractivity contribution in [1.29, 1.82) is 0 Å². The zero-order valence-corrected chi connectivity index (χ0v) is 35.9. The average molecular weight is 841 g/mol. The minimum absolute atomic E-state index is 1.11. The van der Waals surface area contributed by atoms with Gasteiger partial charge in [-0.3, -0.25) is 0 Å². The fourth-order valence-electron chi connectivity index (χ4n) is 10.9. The first kappa shape index (κ1) is 36.6. The highest BCUT2D eigenvalue weighted by atomic mass is 15.0. The first-order valence-corrected chi connectivity index (χ1v) is 22.7. The largest absolute Gasteiger partial charge is 0.314 e. The van der Waals surface area contributed by atoms with Crippen LogP contribution in [0.2, 0.25) is 0 Å². The van der Waals surface area contributed by atoms with Gasteiger partial charge in [-0.1, -0.05) is 146 Å². The fraction of sp³-hybridized carbons (Fsp3) is 0. The van der Waals surface area contributed by atoms with Crippen LogP contribution in [0.1, 0.15) is 0 Å². The number of hydrogen-bond donors (Lipinski definition) is 0. The molecule has 0 bridgehead atoms. The molecule has 0 spiro atoms. The zero-order chi connectivity index (χ0) is 43.3. The lowest BCUT2D eigenvalue weighted by atomic mass is 9.93. The molecule has 0 unspecified atom stereocenters. The van der Waals surface area contributed by atoms with Crippen molar-refractivity contribution in [3.8, 4) is 22.7 Å². The van der Waals surface area contributed by atoms with E-state index < -0.39 is 0 Å². The molecule has 0 aliphatic rings. The molecular weight excluding hydrogens is 801 g/mol. The Bertz CT molecular complexity index is 4230. The van der Waals surface area contributed by atoms with Crippen LogP contribution in [0.5, 0.6) is 0 Å². The van der Waals surface area contributed by atoms with Crippen LogP contribution in [0.4, 0.5) is 0 Å². The Morgan fingerprint density at radius 1 is 0.182 bits per heavy atom. The second-order valence-corrected chi connectivity index (χ2v) is 17.3. The number of nitrogens with zero attached hydrogens (tertiary/aromatic N) is 4. The van der Waals surface area contributed by atoms with Crippen LogP contribution in [-0.4, -0.2) is 18.3 Å². The van der Waals surface area contributed by atoms with Crippen molar-refractivity contribution in [1.82, 2.24) is 18.3 Å². The molecule has 3 aromatic heterocycles. The second kappa shape index (κ2) is 14.3. The van der Waals surface area contributed by atoms with Crippen molar-refractivity contribution >= 4 is 97.7 Å². The van der Waals surface area contributed by atoms with E-state index in [4.69, 9.17) is 0 Å². The van der Waals surface area contributed by atoms with Gasteiger partial charge in [-0.25, -0.2) is 0 Å². The summed E-state index contributed by atoms with van der Waals surface area (Å²) < 4.78 is 9.55. The minimum atomic E-state index is 1.11. The maximum absolute atomic E-state index is 2.45. The van der Waals surface area contributed by atoms with Crippen molar-refractivity contribution in [3.63, 3.8) is 0 Å². The van der Waals surface area contributed by atoms with Gasteiger partial charge in [-0.2, -0.15) is 0 Å². The van der Waals surface area contributed by atoms with Crippen LogP contribution >= 0.6 is 0 Å². The van der Waals surface area contributed by atoms with E-state index in [0.717, 1.165) is 33.8 Å². The number of hydrogen-bond acceptors (Lipinski definition) is 0. The molecule has 4 heteroatoms. The number of rotatable bonds is 4. The quantitative estimate of drug-likeness (QED) is 0.168. The monoisotopic (exact) mass is 840 g/mol. The summed E-state index contributed by atoms with van der Waals surface area (Å²) in [6, 6.07) is 84.7. The summed E-state index contributed by atoms with van der Waals surface area (Å²) in [4.78, 5) is 0. The fourth-order valence-corrected chi connectivity index (χ4v) is 10.9. The molecule has 3 heterocycles. The lowest BCUT2D eigenvalue weighted by molar-refractivity contribution is 1.01. The van der Waals surface area contributed by atoms with E-state index in [1.54, 1.807) is 0 Å². The van der Waals surface area contributed by atoms with Crippen LogP contribution in [0.15, 0.2) is 243 Å². The molecule has 0 saturated carbocycles. The van der Waals surface area contributed by atoms with Gasteiger partial charge in [0, 0.05) is 56.7 Å². The second-order valence-electron chi connectivity index (χ2n) is 17.3. The van der Waals surface area contributed by atoms with Crippen molar-refractivity contribution in [3.05, 3.63) is 243 Å². The van der Waals surface area contributed by atoms with Gasteiger partial charge in [0.1, 0.15) is 0 Å². The first-order chi connectivity index (χ1) is 32.8. The molecular formula is C62H40N4. The zero-order valence-electron chi connectivity index (χ0n) is 35.9. The highest BCUT2D eigenvalue weighted by Gasteiger charge is 2.18. The third-order valence-electron chi connectivity index (χ3n) is 13.8. The van der Waals surface area contributed by atoms with Crippen molar-refractivity contribution in [2.24, 2.45) is 0 Å². The molecule has 0 radical (unpaired) electrons. The minimum Gasteiger partial charge on any atom is -0.314 e. The van der Waals surface area contributed by atoms with E-state index in [1.807, 2.05) is 0 Å². The van der Waals surface area contributed by atoms with Crippen molar-refractivity contribution in [2.75, 3.05) is 0 Å². The molecule has 4 nitrogen and oxygen atoms in total. The van der Waals surface area contributed by atoms with Crippen LogP contribution in [0.3, 0.4) is 0 Å². The standard InChI is InChI=1S/C62H40N4/c1-3-17-41(18-4-1)63-35-36-64(42-19-5-2-6-20-42)62-40-56-48-34-32-44(66-59-29-15-11-25-51(59)52-26-12-16-30-60(52)66)38-54(48)53-37-43(65-57-27-13-9-23-49(57)50-24-10-14-28-58(50)65)31-33-47(53)45-21-7-8-22-46(45)55(56)39-61(62)63/h1-40H. The van der Waals surface area contributed by atoms with Crippen LogP contribution in [0, 0.1) is 0 Å². The van der Waals surface area contributed by atoms with Crippen molar-refractivity contribution in [2.45, 2.75) is 0 Å². The van der Waals surface area contributed by atoms with Gasteiger partial charge in [0.2, 0.25) is 0 Å². The van der Waals surface area contributed by atoms with Gasteiger partial charge < -0.3 is 18.3 Å². The smallest absolute Gasteiger partial charge is 0.0703 e. The van der Waals surface area contributed by atoms with E-state index in [9.17, 15) is 0 Å². The molecule has 14 rings (SSSR count). The lowest BCUT2D eigenvalue weighted by Gasteiger charge is -2.19. The molecule has 308 valence electrons. The van der Waals surface area contributed by atoms with Crippen LogP contribution < -0.4 is 0 Å². The van der Waals surface area contributed by atoms with Gasteiger partial charge in [-0.05, 0) is 128 Å². The van der Waals surface area contributed by atoms with Gasteiger partial charge in [0.25, 0.3) is 0 Å². The molecule has 0 fully saturated rings. The summed E-state index contributed by atoms with van der Waals surface area (Å²) in [6.45, 7) is 0. The lowest BCUT2D eigenvalue weighted by Crippen LogP contribution is -2.04. The summed E-state index contributed by atoms with van der Waals surface area (Å²) in [7, 11) is 0. The summed E-state index contributed by atoms with van der Waals surface area (Å²) in [5, 5.41) is 14.5. The Kier molecular flexibility index (Phi) is 7.95. The molecule has 0 aliphatic heterocycles. The van der Waals surface area contributed by atoms with E-state index in [0.29, 0.717) is 0 Å². The highest BCUT2D eigenvalue weighted by Crippen LogP contribution is 2.42.